The molecule has 0 aromatic carbocycles. The average Bonchev–Trinajstić information content (AvgIpc) is 3.15. The van der Waals surface area contributed by atoms with Crippen molar-refractivity contribution in [1.29, 1.82) is 0 Å². The first-order chi connectivity index (χ1) is 8.28. The number of aromatic nitrogens is 1. The fourth-order valence-electron chi connectivity index (χ4n) is 2.26. The summed E-state index contributed by atoms with van der Waals surface area (Å²) in [4.78, 5) is 7.21. The van der Waals surface area contributed by atoms with Gasteiger partial charge in [-0.15, -0.1) is 0 Å². The maximum Gasteiger partial charge on any atom is 0.129 e. The Kier molecular flexibility index (Phi) is 4.00. The fraction of sp³-hybridized carbons (Fsp3) is 0.643. The largest absolute Gasteiger partial charge is 0.354 e. The summed E-state index contributed by atoms with van der Waals surface area (Å²) >= 11 is 0. The molecule has 1 heterocycles. The van der Waals surface area contributed by atoms with Gasteiger partial charge in [0, 0.05) is 24.8 Å². The van der Waals surface area contributed by atoms with Gasteiger partial charge in [0.15, 0.2) is 0 Å². The molecular weight excluding hydrogens is 210 g/mol. The minimum absolute atomic E-state index is 0.738. The number of aryl methyl sites for hydroxylation is 1. The van der Waals surface area contributed by atoms with Crippen molar-refractivity contribution < 1.29 is 0 Å². The number of pyridine rings is 1. The van der Waals surface area contributed by atoms with Gasteiger partial charge in [-0.05, 0) is 50.9 Å². The highest BCUT2D eigenvalue weighted by Gasteiger charge is 2.29. The Morgan fingerprint density at radius 3 is 2.65 bits per heavy atom. The molecule has 1 N–H and O–H groups in total. The van der Waals surface area contributed by atoms with E-state index < -0.39 is 0 Å². The molecule has 0 aliphatic heterocycles. The minimum atomic E-state index is 0.738. The topological polar surface area (TPSA) is 28.2 Å². The van der Waals surface area contributed by atoms with Gasteiger partial charge in [0.1, 0.15) is 5.82 Å². The lowest BCUT2D eigenvalue weighted by Crippen LogP contribution is -2.26. The Morgan fingerprint density at radius 2 is 2.12 bits per heavy atom. The molecule has 1 aliphatic rings. The van der Waals surface area contributed by atoms with Gasteiger partial charge < -0.3 is 10.2 Å². The number of nitrogens with zero attached hydrogens (tertiary/aromatic N) is 2. The zero-order valence-electron chi connectivity index (χ0n) is 11.2. The van der Waals surface area contributed by atoms with Crippen LogP contribution in [0.1, 0.15) is 37.9 Å². The molecule has 0 saturated heterocycles. The molecule has 1 aromatic heterocycles. The van der Waals surface area contributed by atoms with Crippen molar-refractivity contribution in [1.82, 2.24) is 10.3 Å². The van der Waals surface area contributed by atoms with E-state index in [-0.39, 0.29) is 0 Å². The van der Waals surface area contributed by atoms with E-state index in [1.54, 1.807) is 0 Å². The predicted octanol–water partition coefficient (Wildman–Crippen LogP) is 2.35. The van der Waals surface area contributed by atoms with Crippen LogP contribution in [-0.4, -0.2) is 24.6 Å². The summed E-state index contributed by atoms with van der Waals surface area (Å²) in [6, 6.07) is 5.18. The van der Waals surface area contributed by atoms with Gasteiger partial charge in [0.05, 0.1) is 0 Å². The van der Waals surface area contributed by atoms with Crippen LogP contribution in [0.15, 0.2) is 12.1 Å². The molecule has 0 spiro atoms. The quantitative estimate of drug-likeness (QED) is 0.817. The van der Waals surface area contributed by atoms with E-state index >= 15 is 0 Å². The first-order valence-corrected chi connectivity index (χ1v) is 6.69. The van der Waals surface area contributed by atoms with E-state index in [4.69, 9.17) is 4.98 Å². The summed E-state index contributed by atoms with van der Waals surface area (Å²) in [6.07, 6.45) is 3.66. The number of nitrogens with one attached hydrogen (secondary N) is 1. The van der Waals surface area contributed by atoms with Crippen molar-refractivity contribution in [2.24, 2.45) is 0 Å². The fourth-order valence-corrected chi connectivity index (χ4v) is 2.26. The van der Waals surface area contributed by atoms with E-state index in [1.165, 1.54) is 29.9 Å². The minimum Gasteiger partial charge on any atom is -0.354 e. The van der Waals surface area contributed by atoms with E-state index in [0.717, 1.165) is 25.6 Å². The van der Waals surface area contributed by atoms with Gasteiger partial charge in [-0.2, -0.15) is 0 Å². The van der Waals surface area contributed by atoms with E-state index in [9.17, 15) is 0 Å². The van der Waals surface area contributed by atoms with Gasteiger partial charge in [-0.3, -0.25) is 0 Å². The predicted molar refractivity (Wildman–Crippen MR) is 72.4 cm³/mol. The molecule has 17 heavy (non-hydrogen) atoms. The van der Waals surface area contributed by atoms with Crippen molar-refractivity contribution >= 4 is 5.82 Å². The van der Waals surface area contributed by atoms with Crippen LogP contribution >= 0.6 is 0 Å². The molecule has 94 valence electrons. The highest BCUT2D eigenvalue weighted by Crippen LogP contribution is 2.30. The van der Waals surface area contributed by atoms with Crippen LogP contribution in [0.4, 0.5) is 5.82 Å². The highest BCUT2D eigenvalue weighted by molar-refractivity contribution is 5.45. The summed E-state index contributed by atoms with van der Waals surface area (Å²) in [6.45, 7) is 6.37. The van der Waals surface area contributed by atoms with Crippen LogP contribution in [-0.2, 0) is 13.0 Å². The summed E-state index contributed by atoms with van der Waals surface area (Å²) < 4.78 is 0. The summed E-state index contributed by atoms with van der Waals surface area (Å²) in [5.74, 6) is 1.17. The standard InChI is InChI=1S/C14H23N3/c1-4-12-8-11(10-15-3)9-14(16-12)17(5-2)13-6-7-13/h8-9,13,15H,4-7,10H2,1-3H3. The summed E-state index contributed by atoms with van der Waals surface area (Å²) in [5, 5.41) is 3.22. The van der Waals surface area contributed by atoms with Crippen molar-refractivity contribution in [3.8, 4) is 0 Å². The molecule has 0 amide bonds. The van der Waals surface area contributed by atoms with Crippen molar-refractivity contribution in [2.75, 3.05) is 18.5 Å². The molecule has 1 saturated carbocycles. The second-order valence-corrected chi connectivity index (χ2v) is 4.73. The molecular formula is C14H23N3. The average molecular weight is 233 g/mol. The van der Waals surface area contributed by atoms with Crippen LogP contribution in [0.25, 0.3) is 0 Å². The van der Waals surface area contributed by atoms with Gasteiger partial charge in [0.25, 0.3) is 0 Å². The number of anilines is 1. The summed E-state index contributed by atoms with van der Waals surface area (Å²) in [5.41, 5.74) is 2.54. The second-order valence-electron chi connectivity index (χ2n) is 4.73. The monoisotopic (exact) mass is 233 g/mol. The SMILES string of the molecule is CCc1cc(CNC)cc(N(CC)C2CC2)n1. The van der Waals surface area contributed by atoms with E-state index in [1.807, 2.05) is 7.05 Å². The molecule has 0 atom stereocenters. The molecule has 3 heteroatoms. The number of hydrogen-bond acceptors (Lipinski definition) is 3. The molecule has 1 aliphatic carbocycles. The van der Waals surface area contributed by atoms with Gasteiger partial charge >= 0.3 is 0 Å². The van der Waals surface area contributed by atoms with Crippen LogP contribution < -0.4 is 10.2 Å². The Labute approximate surface area is 104 Å². The maximum absolute atomic E-state index is 4.76. The molecule has 1 fully saturated rings. The smallest absolute Gasteiger partial charge is 0.129 e. The van der Waals surface area contributed by atoms with Gasteiger partial charge in [-0.25, -0.2) is 4.98 Å². The lowest BCUT2D eigenvalue weighted by Gasteiger charge is -2.23. The maximum atomic E-state index is 4.76. The lowest BCUT2D eigenvalue weighted by molar-refractivity contribution is 0.783. The van der Waals surface area contributed by atoms with E-state index in [0.29, 0.717) is 0 Å². The molecule has 0 radical (unpaired) electrons. The van der Waals surface area contributed by atoms with Crippen LogP contribution in [0.2, 0.25) is 0 Å². The lowest BCUT2D eigenvalue weighted by atomic mass is 10.2. The van der Waals surface area contributed by atoms with Gasteiger partial charge in [0.2, 0.25) is 0 Å². The van der Waals surface area contributed by atoms with Crippen LogP contribution in [0.3, 0.4) is 0 Å². The Hall–Kier alpha value is -1.09. The van der Waals surface area contributed by atoms with Crippen molar-refractivity contribution in [2.45, 2.75) is 45.7 Å². The van der Waals surface area contributed by atoms with Gasteiger partial charge in [-0.1, -0.05) is 6.92 Å². The molecule has 0 unspecified atom stereocenters. The summed E-state index contributed by atoms with van der Waals surface area (Å²) in [7, 11) is 1.99. The highest BCUT2D eigenvalue weighted by atomic mass is 15.2. The van der Waals surface area contributed by atoms with Crippen molar-refractivity contribution in [3.05, 3.63) is 23.4 Å². The number of hydrogen-bond donors (Lipinski definition) is 1. The van der Waals surface area contributed by atoms with Crippen LogP contribution in [0, 0.1) is 0 Å². The Bertz CT molecular complexity index is 372. The Morgan fingerprint density at radius 1 is 1.35 bits per heavy atom. The molecule has 3 nitrogen and oxygen atoms in total. The molecule has 1 aromatic rings. The third-order valence-electron chi connectivity index (χ3n) is 3.29. The number of rotatable bonds is 6. The first-order valence-electron chi connectivity index (χ1n) is 6.69. The normalized spacial score (nSPS) is 15.0. The van der Waals surface area contributed by atoms with Crippen molar-refractivity contribution in [3.63, 3.8) is 0 Å². The third-order valence-corrected chi connectivity index (χ3v) is 3.29. The first kappa shape index (κ1) is 12.4. The zero-order valence-corrected chi connectivity index (χ0v) is 11.2. The zero-order chi connectivity index (χ0) is 12.3. The molecule has 0 bridgehead atoms. The molecule has 2 rings (SSSR count). The van der Waals surface area contributed by atoms with E-state index in [2.05, 4.69) is 36.2 Å². The Balaban J connectivity index is 2.27. The third kappa shape index (κ3) is 2.97. The second kappa shape index (κ2) is 5.50. The van der Waals surface area contributed by atoms with Crippen LogP contribution in [0.5, 0.6) is 0 Å².